The van der Waals surface area contributed by atoms with Gasteiger partial charge in [-0.15, -0.1) is 0 Å². The Bertz CT molecular complexity index is 40.0. The van der Waals surface area contributed by atoms with Crippen LogP contribution in [-0.2, 0) is 0 Å². The van der Waals surface area contributed by atoms with E-state index in [-0.39, 0.29) is 0 Å². The van der Waals surface area contributed by atoms with E-state index in [1.165, 1.54) is 12.8 Å². The molecule has 0 aromatic rings. The molecule has 1 nitrogen and oxygen atoms in total. The highest BCUT2D eigenvalue weighted by molar-refractivity contribution is 4.38. The molecule has 0 aliphatic heterocycles. The van der Waals surface area contributed by atoms with Gasteiger partial charge in [0, 0.05) is 0 Å². The highest BCUT2D eigenvalue weighted by Crippen LogP contribution is 2.00. The van der Waals surface area contributed by atoms with Crippen molar-refractivity contribution in [1.29, 1.82) is 0 Å². The Morgan fingerprint density at radius 3 is 1.60 bits per heavy atom. The predicted molar refractivity (Wildman–Crippen MR) is 49.3 cm³/mol. The van der Waals surface area contributed by atoms with Crippen LogP contribution in [0.25, 0.3) is 0 Å². The predicted octanol–water partition coefficient (Wildman–Crippen LogP) is 2.67. The third kappa shape index (κ3) is 24.6. The van der Waals surface area contributed by atoms with E-state index in [9.17, 15) is 0 Å². The van der Waals surface area contributed by atoms with Gasteiger partial charge in [0.15, 0.2) is 0 Å². The average molecular weight is 145 g/mol. The second-order valence-electron chi connectivity index (χ2n) is 2.89. The molecule has 0 bridgehead atoms. The normalized spacial score (nSPS) is 9.00. The van der Waals surface area contributed by atoms with E-state index in [0.717, 1.165) is 12.5 Å². The molecule has 1 N–H and O–H groups in total. The first-order chi connectivity index (χ1) is 4.68. The zero-order chi connectivity index (χ0) is 8.41. The largest absolute Gasteiger partial charge is 0.320 e. The van der Waals surface area contributed by atoms with Gasteiger partial charge in [0.1, 0.15) is 0 Å². The molecule has 0 spiro atoms. The first-order valence-corrected chi connectivity index (χ1v) is 4.33. The lowest BCUT2D eigenvalue weighted by Crippen LogP contribution is -2.01. The minimum absolute atomic E-state index is 0.898. The molecule has 0 unspecified atom stereocenters. The van der Waals surface area contributed by atoms with Gasteiger partial charge < -0.3 is 5.32 Å². The summed E-state index contributed by atoms with van der Waals surface area (Å²) in [5, 5.41) is 2.93. The van der Waals surface area contributed by atoms with Crippen molar-refractivity contribution >= 4 is 0 Å². The molecule has 1 heteroatoms. The van der Waals surface area contributed by atoms with Crippen LogP contribution in [0.15, 0.2) is 0 Å². The van der Waals surface area contributed by atoms with Crippen LogP contribution in [0.3, 0.4) is 0 Å². The lowest BCUT2D eigenvalue weighted by atomic mass is 10.1. The Labute approximate surface area is 66.2 Å². The van der Waals surface area contributed by atoms with Crippen LogP contribution in [0.4, 0.5) is 0 Å². The second kappa shape index (κ2) is 11.7. The van der Waals surface area contributed by atoms with Crippen molar-refractivity contribution in [3.05, 3.63) is 0 Å². The minimum atomic E-state index is 0.898. The summed E-state index contributed by atoms with van der Waals surface area (Å²) in [6.07, 6.45) is 2.71. The van der Waals surface area contributed by atoms with Crippen molar-refractivity contribution in [1.82, 2.24) is 5.32 Å². The van der Waals surface area contributed by atoms with Crippen LogP contribution in [0.5, 0.6) is 0 Å². The van der Waals surface area contributed by atoms with Crippen LogP contribution >= 0.6 is 0 Å². The van der Waals surface area contributed by atoms with Crippen molar-refractivity contribution in [2.75, 3.05) is 13.6 Å². The van der Waals surface area contributed by atoms with E-state index in [1.54, 1.807) is 0 Å². The zero-order valence-electron chi connectivity index (χ0n) is 8.20. The maximum Gasteiger partial charge on any atom is -0.00804 e. The summed E-state index contributed by atoms with van der Waals surface area (Å²) >= 11 is 0. The van der Waals surface area contributed by atoms with E-state index in [2.05, 4.69) is 33.0 Å². The van der Waals surface area contributed by atoms with Gasteiger partial charge >= 0.3 is 0 Å². The molecule has 0 saturated heterocycles. The Balaban J connectivity index is 0. The first-order valence-electron chi connectivity index (χ1n) is 4.33. The molecule has 0 heterocycles. The summed E-state index contributed by atoms with van der Waals surface area (Å²) in [6, 6.07) is 0. The molecule has 0 rings (SSSR count). The minimum Gasteiger partial charge on any atom is -0.320 e. The van der Waals surface area contributed by atoms with Crippen LogP contribution in [0.2, 0.25) is 0 Å². The smallest absolute Gasteiger partial charge is 0.00804 e. The molecule has 0 aliphatic rings. The monoisotopic (exact) mass is 145 g/mol. The molecule has 0 radical (unpaired) electrons. The van der Waals surface area contributed by atoms with Crippen molar-refractivity contribution in [2.24, 2.45) is 5.92 Å². The third-order valence-electron chi connectivity index (χ3n) is 1.22. The van der Waals surface area contributed by atoms with E-state index >= 15 is 0 Å². The fraction of sp³-hybridized carbons (Fsp3) is 1.00. The van der Waals surface area contributed by atoms with Gasteiger partial charge in [-0.25, -0.2) is 0 Å². The molecule has 0 atom stereocenters. The molecular weight excluding hydrogens is 122 g/mol. The molecule has 64 valence electrons. The van der Waals surface area contributed by atoms with Crippen molar-refractivity contribution in [3.8, 4) is 0 Å². The second-order valence-corrected chi connectivity index (χ2v) is 2.89. The summed E-state index contributed by atoms with van der Waals surface area (Å²) in [5.41, 5.74) is 0. The molecule has 0 aliphatic carbocycles. The fourth-order valence-electron chi connectivity index (χ4n) is 0.577. The maximum atomic E-state index is 2.93. The number of hydrogen-bond donors (Lipinski definition) is 1. The molecule has 10 heavy (non-hydrogen) atoms. The number of rotatable bonds is 3. The Morgan fingerprint density at radius 1 is 1.20 bits per heavy atom. The standard InChI is InChI=1S/C6H14.C3H9N/c1-4-5-6(2)3;1-3-4-2/h6H,4-5H2,1-3H3;4H,3H2,1-2H3. The molecule has 0 amide bonds. The van der Waals surface area contributed by atoms with Gasteiger partial charge in [0.05, 0.1) is 0 Å². The zero-order valence-corrected chi connectivity index (χ0v) is 8.20. The van der Waals surface area contributed by atoms with Gasteiger partial charge in [-0.1, -0.05) is 40.5 Å². The van der Waals surface area contributed by atoms with Crippen molar-refractivity contribution in [2.45, 2.75) is 40.5 Å². The lowest BCUT2D eigenvalue weighted by molar-refractivity contribution is 0.576. The average Bonchev–Trinajstić information content (AvgIpc) is 1.89. The third-order valence-corrected chi connectivity index (χ3v) is 1.22. The van der Waals surface area contributed by atoms with E-state index in [4.69, 9.17) is 0 Å². The van der Waals surface area contributed by atoms with Crippen LogP contribution in [-0.4, -0.2) is 13.6 Å². The Kier molecular flexibility index (Phi) is 14.8. The van der Waals surface area contributed by atoms with Crippen molar-refractivity contribution < 1.29 is 0 Å². The maximum absolute atomic E-state index is 2.93. The van der Waals surface area contributed by atoms with Crippen LogP contribution in [0.1, 0.15) is 40.5 Å². The van der Waals surface area contributed by atoms with Gasteiger partial charge in [-0.2, -0.15) is 0 Å². The molecule has 0 saturated carbocycles. The summed E-state index contributed by atoms with van der Waals surface area (Å²) in [4.78, 5) is 0. The van der Waals surface area contributed by atoms with Crippen molar-refractivity contribution in [3.63, 3.8) is 0 Å². The molecule has 0 fully saturated rings. The Hall–Kier alpha value is -0.0400. The van der Waals surface area contributed by atoms with E-state index in [0.29, 0.717) is 0 Å². The topological polar surface area (TPSA) is 12.0 Å². The summed E-state index contributed by atoms with van der Waals surface area (Å²) in [6.45, 7) is 9.87. The van der Waals surface area contributed by atoms with Gasteiger partial charge in [0.25, 0.3) is 0 Å². The summed E-state index contributed by atoms with van der Waals surface area (Å²) in [5.74, 6) is 0.898. The SMILES string of the molecule is CCCC(C)C.CCNC. The summed E-state index contributed by atoms with van der Waals surface area (Å²) < 4.78 is 0. The van der Waals surface area contributed by atoms with Gasteiger partial charge in [-0.05, 0) is 19.5 Å². The molecular formula is C9H23N. The lowest BCUT2D eigenvalue weighted by Gasteiger charge is -1.95. The molecule has 0 aromatic heterocycles. The van der Waals surface area contributed by atoms with Crippen LogP contribution in [0, 0.1) is 5.92 Å². The highest BCUT2D eigenvalue weighted by atomic mass is 14.8. The number of nitrogens with one attached hydrogen (secondary N) is 1. The first kappa shape index (κ1) is 12.6. The molecule has 0 aromatic carbocycles. The van der Waals surface area contributed by atoms with Crippen LogP contribution < -0.4 is 5.32 Å². The van der Waals surface area contributed by atoms with E-state index in [1.807, 2.05) is 7.05 Å². The van der Waals surface area contributed by atoms with Gasteiger partial charge in [0.2, 0.25) is 0 Å². The Morgan fingerprint density at radius 2 is 1.60 bits per heavy atom. The number of hydrogen-bond acceptors (Lipinski definition) is 1. The fourth-order valence-corrected chi connectivity index (χ4v) is 0.577. The van der Waals surface area contributed by atoms with E-state index < -0.39 is 0 Å². The van der Waals surface area contributed by atoms with Gasteiger partial charge in [-0.3, -0.25) is 0 Å². The summed E-state index contributed by atoms with van der Waals surface area (Å²) in [7, 11) is 1.93. The quantitative estimate of drug-likeness (QED) is 0.644. The highest BCUT2D eigenvalue weighted by Gasteiger charge is 1.85.